The number of aromatic nitrogens is 1. The highest BCUT2D eigenvalue weighted by atomic mass is 16.6. The van der Waals surface area contributed by atoms with Gasteiger partial charge in [-0.2, -0.15) is 0 Å². The summed E-state index contributed by atoms with van der Waals surface area (Å²) in [6.45, 7) is 5.90. The van der Waals surface area contributed by atoms with Crippen molar-refractivity contribution in [3.63, 3.8) is 0 Å². The van der Waals surface area contributed by atoms with Gasteiger partial charge in [0.25, 0.3) is 5.69 Å². The van der Waals surface area contributed by atoms with Crippen LogP contribution in [0.5, 0.6) is 0 Å². The van der Waals surface area contributed by atoms with Crippen LogP contribution >= 0.6 is 0 Å². The molecule has 1 aromatic rings. The second kappa shape index (κ2) is 5.26. The Labute approximate surface area is 88.4 Å². The molecule has 4 N–H and O–H groups in total. The highest BCUT2D eigenvalue weighted by Crippen LogP contribution is 2.10. The van der Waals surface area contributed by atoms with Crippen LogP contribution in [0.3, 0.4) is 0 Å². The van der Waals surface area contributed by atoms with E-state index in [0.717, 1.165) is 0 Å². The average Bonchev–Trinajstić information content (AvgIpc) is 2.00. The van der Waals surface area contributed by atoms with E-state index in [1.165, 1.54) is 18.3 Å². The fourth-order valence-electron chi connectivity index (χ4n) is 0.550. The molecule has 0 aliphatic carbocycles. The van der Waals surface area contributed by atoms with Crippen LogP contribution in [0.25, 0.3) is 0 Å². The molecule has 0 saturated heterocycles. The summed E-state index contributed by atoms with van der Waals surface area (Å²) < 4.78 is 0. The van der Waals surface area contributed by atoms with Crippen LogP contribution in [0, 0.1) is 10.1 Å². The van der Waals surface area contributed by atoms with E-state index in [4.69, 9.17) is 11.5 Å². The molecule has 0 unspecified atom stereocenters. The molecule has 1 aromatic heterocycles. The van der Waals surface area contributed by atoms with E-state index >= 15 is 0 Å². The highest BCUT2D eigenvalue weighted by Gasteiger charge is 2.03. The van der Waals surface area contributed by atoms with Gasteiger partial charge in [0.15, 0.2) is 0 Å². The van der Waals surface area contributed by atoms with Crippen LogP contribution in [0.15, 0.2) is 18.3 Å². The normalized spacial score (nSPS) is 10.1. The predicted octanol–water partition coefficient (Wildman–Crippen LogP) is 1.32. The lowest BCUT2D eigenvalue weighted by Gasteiger charge is -2.06. The van der Waals surface area contributed by atoms with Gasteiger partial charge in [-0.25, -0.2) is 4.98 Å². The quantitative estimate of drug-likeness (QED) is 0.539. The van der Waals surface area contributed by atoms with Crippen molar-refractivity contribution in [3.8, 4) is 0 Å². The standard InChI is InChI=1S/C5H5N3O2.C4H11N/c6-5-3-4(8(9)10)1-2-7-5;1-4(2,3)5/h1-3H,(H2,6,7);5H2,1-3H3. The number of nitrogen functional groups attached to an aromatic ring is 1. The molecule has 1 heterocycles. The first-order chi connectivity index (χ1) is 6.70. The van der Waals surface area contributed by atoms with Crippen LogP contribution in [0.4, 0.5) is 11.5 Å². The van der Waals surface area contributed by atoms with Crippen LogP contribution < -0.4 is 11.5 Å². The van der Waals surface area contributed by atoms with Gasteiger partial charge in [-0.15, -0.1) is 0 Å². The first-order valence-electron chi connectivity index (χ1n) is 4.35. The highest BCUT2D eigenvalue weighted by molar-refractivity contribution is 5.40. The molecule has 0 saturated carbocycles. The number of hydrogen-bond acceptors (Lipinski definition) is 5. The number of nitrogens with zero attached hydrogens (tertiary/aromatic N) is 2. The fraction of sp³-hybridized carbons (Fsp3) is 0.444. The van der Waals surface area contributed by atoms with Gasteiger partial charge in [0.05, 0.1) is 11.0 Å². The van der Waals surface area contributed by atoms with E-state index in [9.17, 15) is 10.1 Å². The van der Waals surface area contributed by atoms with Gasteiger partial charge in [-0.1, -0.05) is 0 Å². The van der Waals surface area contributed by atoms with Gasteiger partial charge in [0, 0.05) is 17.8 Å². The summed E-state index contributed by atoms with van der Waals surface area (Å²) in [5.41, 5.74) is 10.5. The maximum atomic E-state index is 10.1. The van der Waals surface area contributed by atoms with Crippen molar-refractivity contribution < 1.29 is 4.92 Å². The maximum Gasteiger partial charge on any atom is 0.274 e. The predicted molar refractivity (Wildman–Crippen MR) is 59.2 cm³/mol. The molecule has 1 rings (SSSR count). The Balaban J connectivity index is 0.000000336. The molecule has 0 aromatic carbocycles. The monoisotopic (exact) mass is 212 g/mol. The summed E-state index contributed by atoms with van der Waals surface area (Å²) in [4.78, 5) is 13.2. The zero-order chi connectivity index (χ0) is 12.1. The van der Waals surface area contributed by atoms with Crippen molar-refractivity contribution in [3.05, 3.63) is 28.4 Å². The summed E-state index contributed by atoms with van der Waals surface area (Å²) in [7, 11) is 0. The van der Waals surface area contributed by atoms with E-state index in [1.807, 2.05) is 20.8 Å². The zero-order valence-corrected chi connectivity index (χ0v) is 9.10. The smallest absolute Gasteiger partial charge is 0.274 e. The second-order valence-electron chi connectivity index (χ2n) is 4.06. The maximum absolute atomic E-state index is 10.1. The van der Waals surface area contributed by atoms with Crippen molar-refractivity contribution in [1.82, 2.24) is 4.98 Å². The number of nitro groups is 1. The average molecular weight is 212 g/mol. The van der Waals surface area contributed by atoms with Crippen LogP contribution in [-0.4, -0.2) is 15.4 Å². The summed E-state index contributed by atoms with van der Waals surface area (Å²) in [5, 5.41) is 10.1. The number of pyridine rings is 1. The Hall–Kier alpha value is -1.69. The zero-order valence-electron chi connectivity index (χ0n) is 9.10. The molecule has 6 heteroatoms. The summed E-state index contributed by atoms with van der Waals surface area (Å²) in [6, 6.07) is 2.50. The number of anilines is 1. The topological polar surface area (TPSA) is 108 Å². The van der Waals surface area contributed by atoms with Crippen molar-refractivity contribution >= 4 is 11.5 Å². The minimum absolute atomic E-state index is 0. The third-order valence-corrected chi connectivity index (χ3v) is 0.975. The molecule has 0 amide bonds. The minimum atomic E-state index is -0.516. The molecule has 0 radical (unpaired) electrons. The number of nitrogens with two attached hydrogens (primary N) is 2. The van der Waals surface area contributed by atoms with E-state index in [1.54, 1.807) is 0 Å². The third-order valence-electron chi connectivity index (χ3n) is 0.975. The lowest BCUT2D eigenvalue weighted by molar-refractivity contribution is -0.384. The van der Waals surface area contributed by atoms with E-state index < -0.39 is 4.92 Å². The molecular weight excluding hydrogens is 196 g/mol. The lowest BCUT2D eigenvalue weighted by Crippen LogP contribution is -2.26. The van der Waals surface area contributed by atoms with Gasteiger partial charge in [-0.3, -0.25) is 10.1 Å². The molecule has 0 atom stereocenters. The Bertz CT molecular complexity index is 327. The number of rotatable bonds is 1. The Morgan fingerprint density at radius 2 is 1.93 bits per heavy atom. The van der Waals surface area contributed by atoms with Crippen LogP contribution in [0.1, 0.15) is 20.8 Å². The summed E-state index contributed by atoms with van der Waals surface area (Å²) >= 11 is 0. The first-order valence-corrected chi connectivity index (χ1v) is 4.35. The molecular formula is C9H16N4O2. The first kappa shape index (κ1) is 13.3. The van der Waals surface area contributed by atoms with Crippen molar-refractivity contribution in [1.29, 1.82) is 0 Å². The Morgan fingerprint density at radius 3 is 2.20 bits per heavy atom. The molecule has 0 bridgehead atoms. The fourth-order valence-corrected chi connectivity index (χ4v) is 0.550. The van der Waals surface area contributed by atoms with Crippen molar-refractivity contribution in [2.45, 2.75) is 26.3 Å². The van der Waals surface area contributed by atoms with Gasteiger partial charge in [0.1, 0.15) is 5.82 Å². The Morgan fingerprint density at radius 1 is 1.47 bits per heavy atom. The minimum Gasteiger partial charge on any atom is -0.383 e. The van der Waals surface area contributed by atoms with Crippen molar-refractivity contribution in [2.75, 3.05) is 5.73 Å². The van der Waals surface area contributed by atoms with Gasteiger partial charge < -0.3 is 11.5 Å². The molecule has 6 nitrogen and oxygen atoms in total. The third kappa shape index (κ3) is 8.63. The Kier molecular flexibility index (Phi) is 4.66. The van der Waals surface area contributed by atoms with Gasteiger partial charge in [-0.05, 0) is 20.8 Å². The van der Waals surface area contributed by atoms with Crippen LogP contribution in [-0.2, 0) is 0 Å². The van der Waals surface area contributed by atoms with Crippen LogP contribution in [0.2, 0.25) is 0 Å². The van der Waals surface area contributed by atoms with Gasteiger partial charge >= 0.3 is 0 Å². The van der Waals surface area contributed by atoms with E-state index in [2.05, 4.69) is 4.98 Å². The second-order valence-corrected chi connectivity index (χ2v) is 4.06. The van der Waals surface area contributed by atoms with Crippen molar-refractivity contribution in [2.24, 2.45) is 5.73 Å². The molecule has 0 aliphatic heterocycles. The molecule has 0 spiro atoms. The lowest BCUT2D eigenvalue weighted by atomic mass is 10.1. The molecule has 0 fully saturated rings. The van der Waals surface area contributed by atoms with Gasteiger partial charge in [0.2, 0.25) is 0 Å². The largest absolute Gasteiger partial charge is 0.383 e. The summed E-state index contributed by atoms with van der Waals surface area (Å²) in [5.74, 6) is 0.161. The SMILES string of the molecule is CC(C)(C)N.Nc1cc([N+](=O)[O-])ccn1. The molecule has 84 valence electrons. The van der Waals surface area contributed by atoms with E-state index in [0.29, 0.717) is 0 Å². The molecule has 0 aliphatic rings. The number of hydrogen-bond donors (Lipinski definition) is 2. The summed E-state index contributed by atoms with van der Waals surface area (Å²) in [6.07, 6.45) is 1.30. The van der Waals surface area contributed by atoms with E-state index in [-0.39, 0.29) is 17.0 Å². The molecule has 15 heavy (non-hydrogen) atoms.